The predicted octanol–water partition coefficient (Wildman–Crippen LogP) is 7.19. The van der Waals surface area contributed by atoms with Gasteiger partial charge in [0.15, 0.2) is 0 Å². The molecule has 0 saturated carbocycles. The van der Waals surface area contributed by atoms with E-state index in [0.29, 0.717) is 0 Å². The van der Waals surface area contributed by atoms with Crippen molar-refractivity contribution in [2.75, 3.05) is 6.61 Å². The van der Waals surface area contributed by atoms with Gasteiger partial charge in [-0.15, -0.1) is 0 Å². The molecule has 1 N–H and O–H groups in total. The Morgan fingerprint density at radius 2 is 0.864 bits per heavy atom. The third-order valence-corrected chi connectivity index (χ3v) is 4.50. The van der Waals surface area contributed by atoms with Gasteiger partial charge in [0.05, 0.1) is 6.61 Å². The van der Waals surface area contributed by atoms with Gasteiger partial charge in [-0.2, -0.15) is 0 Å². The second kappa shape index (κ2) is 20.7. The lowest BCUT2D eigenvalue weighted by molar-refractivity contribution is 0.342. The van der Waals surface area contributed by atoms with Gasteiger partial charge in [-0.25, -0.2) is 0 Å². The van der Waals surface area contributed by atoms with Gasteiger partial charge in [0, 0.05) is 0 Å². The molecule has 0 atom stereocenters. The summed E-state index contributed by atoms with van der Waals surface area (Å²) in [7, 11) is 0. The maximum Gasteiger partial charge on any atom is 0.0612 e. The van der Waals surface area contributed by atoms with Gasteiger partial charge in [-0.05, 0) is 12.8 Å². The summed E-state index contributed by atoms with van der Waals surface area (Å²) in [6, 6.07) is 0. The van der Waals surface area contributed by atoms with Gasteiger partial charge < -0.3 is 5.11 Å². The number of hydrogen-bond acceptors (Lipinski definition) is 1. The van der Waals surface area contributed by atoms with Crippen LogP contribution in [0.3, 0.4) is 0 Å². The molecule has 1 heteroatoms. The van der Waals surface area contributed by atoms with Crippen LogP contribution in [0.1, 0.15) is 116 Å². The van der Waals surface area contributed by atoms with E-state index in [1.807, 2.05) is 6.08 Å². The van der Waals surface area contributed by atoms with Crippen molar-refractivity contribution < 1.29 is 5.11 Å². The van der Waals surface area contributed by atoms with Crippen molar-refractivity contribution in [1.29, 1.82) is 0 Å². The van der Waals surface area contributed by atoms with Crippen LogP contribution >= 0.6 is 0 Å². The molecule has 0 radical (unpaired) electrons. The van der Waals surface area contributed by atoms with Gasteiger partial charge in [0.1, 0.15) is 0 Å². The summed E-state index contributed by atoms with van der Waals surface area (Å²) in [5.41, 5.74) is 0. The summed E-state index contributed by atoms with van der Waals surface area (Å²) in [5.74, 6) is 0. The zero-order valence-corrected chi connectivity index (χ0v) is 15.3. The molecule has 0 aliphatic rings. The number of unbranched alkanes of at least 4 members (excludes halogenated alkanes) is 16. The highest BCUT2D eigenvalue weighted by Crippen LogP contribution is 2.13. The lowest BCUT2D eigenvalue weighted by Gasteiger charge is -2.03. The molecule has 0 unspecified atom stereocenters. The Hall–Kier alpha value is -0.300. The first-order valence-corrected chi connectivity index (χ1v) is 10.2. The Balaban J connectivity index is 2.95. The molecular weight excluding hydrogens is 268 g/mol. The van der Waals surface area contributed by atoms with Gasteiger partial charge in [0.2, 0.25) is 0 Å². The van der Waals surface area contributed by atoms with Crippen molar-refractivity contribution in [3.05, 3.63) is 12.2 Å². The van der Waals surface area contributed by atoms with E-state index in [1.165, 1.54) is 103 Å². The van der Waals surface area contributed by atoms with Crippen LogP contribution in [-0.4, -0.2) is 11.7 Å². The molecule has 0 rings (SSSR count). The average molecular weight is 311 g/mol. The van der Waals surface area contributed by atoms with Crippen molar-refractivity contribution in [3.8, 4) is 0 Å². The number of hydrogen-bond donors (Lipinski definition) is 1. The van der Waals surface area contributed by atoms with Crippen LogP contribution < -0.4 is 0 Å². The molecule has 0 saturated heterocycles. The number of aliphatic hydroxyl groups is 1. The van der Waals surface area contributed by atoms with Crippen LogP contribution in [0.25, 0.3) is 0 Å². The minimum Gasteiger partial charge on any atom is -0.392 e. The maximum absolute atomic E-state index is 8.61. The highest BCUT2D eigenvalue weighted by atomic mass is 16.2. The molecule has 132 valence electrons. The van der Waals surface area contributed by atoms with E-state index in [4.69, 9.17) is 5.11 Å². The van der Waals surface area contributed by atoms with Crippen LogP contribution in [0.5, 0.6) is 0 Å². The molecule has 0 aliphatic heterocycles. The summed E-state index contributed by atoms with van der Waals surface area (Å²) < 4.78 is 0. The van der Waals surface area contributed by atoms with Crippen molar-refractivity contribution in [1.82, 2.24) is 0 Å². The quantitative estimate of drug-likeness (QED) is 0.210. The summed E-state index contributed by atoms with van der Waals surface area (Å²) in [4.78, 5) is 0. The van der Waals surface area contributed by atoms with E-state index < -0.39 is 0 Å². The minimum atomic E-state index is 0.193. The van der Waals surface area contributed by atoms with Crippen LogP contribution in [-0.2, 0) is 0 Å². The number of rotatable bonds is 18. The smallest absolute Gasteiger partial charge is 0.0612 e. The fourth-order valence-electron chi connectivity index (χ4n) is 3.00. The monoisotopic (exact) mass is 310 g/mol. The van der Waals surface area contributed by atoms with Gasteiger partial charge >= 0.3 is 0 Å². The van der Waals surface area contributed by atoms with E-state index in [1.54, 1.807) is 0 Å². The molecule has 22 heavy (non-hydrogen) atoms. The number of allylic oxidation sites excluding steroid dienone is 1. The van der Waals surface area contributed by atoms with Crippen LogP contribution in [0.15, 0.2) is 12.2 Å². The van der Waals surface area contributed by atoms with Crippen molar-refractivity contribution in [3.63, 3.8) is 0 Å². The predicted molar refractivity (Wildman–Crippen MR) is 100 cm³/mol. The van der Waals surface area contributed by atoms with E-state index in [2.05, 4.69) is 13.0 Å². The lowest BCUT2D eigenvalue weighted by Crippen LogP contribution is -1.83. The van der Waals surface area contributed by atoms with Crippen LogP contribution in [0.2, 0.25) is 0 Å². The first-order valence-electron chi connectivity index (χ1n) is 10.2. The first kappa shape index (κ1) is 21.7. The fraction of sp³-hybridized carbons (Fsp3) is 0.905. The highest BCUT2D eigenvalue weighted by molar-refractivity contribution is 4.80. The molecule has 0 aromatic carbocycles. The van der Waals surface area contributed by atoms with Crippen LogP contribution in [0, 0.1) is 0 Å². The standard InChI is InChI=1S/C21H42O/c1-2-3-4-5-6-7-8-9-10-11-12-13-14-15-16-17-18-19-20-21-22/h19-20,22H,2-18,21H2,1H3. The zero-order chi connectivity index (χ0) is 16.1. The van der Waals surface area contributed by atoms with E-state index in [9.17, 15) is 0 Å². The molecule has 0 spiro atoms. The first-order chi connectivity index (χ1) is 10.9. The Bertz CT molecular complexity index is 210. The van der Waals surface area contributed by atoms with Crippen molar-refractivity contribution >= 4 is 0 Å². The maximum atomic E-state index is 8.61. The normalized spacial score (nSPS) is 11.5. The van der Waals surface area contributed by atoms with E-state index >= 15 is 0 Å². The number of aliphatic hydroxyl groups excluding tert-OH is 1. The third kappa shape index (κ3) is 19.7. The molecule has 0 bridgehead atoms. The second-order valence-corrected chi connectivity index (χ2v) is 6.75. The topological polar surface area (TPSA) is 20.2 Å². The minimum absolute atomic E-state index is 0.193. The Kier molecular flexibility index (Phi) is 20.4. The second-order valence-electron chi connectivity index (χ2n) is 6.75. The molecule has 1 nitrogen and oxygen atoms in total. The Morgan fingerprint density at radius 1 is 0.500 bits per heavy atom. The van der Waals surface area contributed by atoms with E-state index in [0.717, 1.165) is 6.42 Å². The van der Waals surface area contributed by atoms with Gasteiger partial charge in [0.25, 0.3) is 0 Å². The third-order valence-electron chi connectivity index (χ3n) is 4.50. The lowest BCUT2D eigenvalue weighted by atomic mass is 10.0. The summed E-state index contributed by atoms with van der Waals surface area (Å²) in [5, 5.41) is 8.61. The molecular formula is C21H42O. The molecule has 0 fully saturated rings. The summed E-state index contributed by atoms with van der Waals surface area (Å²) in [6.07, 6.45) is 27.9. The van der Waals surface area contributed by atoms with Gasteiger partial charge in [-0.3, -0.25) is 0 Å². The molecule has 0 aromatic heterocycles. The average Bonchev–Trinajstić information content (AvgIpc) is 2.54. The van der Waals surface area contributed by atoms with Crippen molar-refractivity contribution in [2.45, 2.75) is 116 Å². The fourth-order valence-corrected chi connectivity index (χ4v) is 3.00. The summed E-state index contributed by atoms with van der Waals surface area (Å²) in [6.45, 7) is 2.48. The molecule has 0 aliphatic carbocycles. The molecule has 0 aromatic rings. The van der Waals surface area contributed by atoms with Gasteiger partial charge in [-0.1, -0.05) is 115 Å². The SMILES string of the molecule is CCCCCCCCCCCCCCCCCCC=CCO. The highest BCUT2D eigenvalue weighted by Gasteiger charge is 1.94. The molecule has 0 amide bonds. The Labute approximate surface area is 140 Å². The van der Waals surface area contributed by atoms with Crippen molar-refractivity contribution in [2.24, 2.45) is 0 Å². The zero-order valence-electron chi connectivity index (χ0n) is 15.3. The Morgan fingerprint density at radius 3 is 1.23 bits per heavy atom. The summed E-state index contributed by atoms with van der Waals surface area (Å²) >= 11 is 0. The van der Waals surface area contributed by atoms with E-state index in [-0.39, 0.29) is 6.61 Å². The molecule has 0 heterocycles. The largest absolute Gasteiger partial charge is 0.392 e. The van der Waals surface area contributed by atoms with Crippen LogP contribution in [0.4, 0.5) is 0 Å².